The SMILES string of the molecule is CCC(CC)NC(=O)COC(=O)C1CCCCN1S(=O)(=O)c1cccc2nsnc12. The standard InChI is InChI=1S/C19H26N4O5S2/c1-3-13(4-2)20-17(24)12-28-19(25)15-9-5-6-11-23(15)30(26,27)16-10-7-8-14-18(16)22-29-21-14/h7-8,10,13,15H,3-6,9,11-12H2,1-2H3,(H,20,24). The van der Waals surface area contributed by atoms with Crippen LogP contribution in [0.2, 0.25) is 0 Å². The maximum Gasteiger partial charge on any atom is 0.324 e. The second kappa shape index (κ2) is 9.80. The highest BCUT2D eigenvalue weighted by atomic mass is 32.2. The smallest absolute Gasteiger partial charge is 0.324 e. The van der Waals surface area contributed by atoms with Crippen LogP contribution in [0.4, 0.5) is 0 Å². The summed E-state index contributed by atoms with van der Waals surface area (Å²) in [7, 11) is -3.98. The van der Waals surface area contributed by atoms with E-state index in [1.807, 2.05) is 13.8 Å². The molecule has 1 aliphatic heterocycles. The van der Waals surface area contributed by atoms with Crippen molar-refractivity contribution in [2.75, 3.05) is 13.2 Å². The van der Waals surface area contributed by atoms with Gasteiger partial charge in [0, 0.05) is 12.6 Å². The summed E-state index contributed by atoms with van der Waals surface area (Å²) in [6.45, 7) is 3.70. The first kappa shape index (κ1) is 22.6. The number of hydrogen-bond donors (Lipinski definition) is 1. The van der Waals surface area contributed by atoms with Gasteiger partial charge >= 0.3 is 5.97 Å². The number of nitrogens with one attached hydrogen (secondary N) is 1. The number of esters is 1. The minimum Gasteiger partial charge on any atom is -0.454 e. The molecule has 2 heterocycles. The molecule has 2 aromatic rings. The van der Waals surface area contributed by atoms with Gasteiger partial charge in [-0.2, -0.15) is 13.1 Å². The summed E-state index contributed by atoms with van der Waals surface area (Å²) < 4.78 is 41.3. The van der Waals surface area contributed by atoms with E-state index in [2.05, 4.69) is 14.1 Å². The van der Waals surface area contributed by atoms with Crippen molar-refractivity contribution in [2.45, 2.75) is 62.9 Å². The van der Waals surface area contributed by atoms with E-state index in [-0.39, 0.29) is 23.4 Å². The highest BCUT2D eigenvalue weighted by molar-refractivity contribution is 7.89. The fourth-order valence-electron chi connectivity index (χ4n) is 3.54. The van der Waals surface area contributed by atoms with E-state index in [4.69, 9.17) is 4.74 Å². The lowest BCUT2D eigenvalue weighted by Crippen LogP contribution is -2.49. The molecule has 1 aliphatic rings. The van der Waals surface area contributed by atoms with Crippen molar-refractivity contribution in [3.05, 3.63) is 18.2 Å². The minimum atomic E-state index is -3.98. The molecule has 1 amide bonds. The van der Waals surface area contributed by atoms with Gasteiger partial charge in [0.25, 0.3) is 5.91 Å². The van der Waals surface area contributed by atoms with Crippen molar-refractivity contribution in [3.8, 4) is 0 Å². The van der Waals surface area contributed by atoms with Crippen LogP contribution in [0.25, 0.3) is 11.0 Å². The average Bonchev–Trinajstić information content (AvgIpc) is 3.24. The topological polar surface area (TPSA) is 119 Å². The molecule has 0 spiro atoms. The normalized spacial score (nSPS) is 17.9. The summed E-state index contributed by atoms with van der Waals surface area (Å²) >= 11 is 0.938. The Kier molecular flexibility index (Phi) is 7.37. The molecule has 1 aromatic carbocycles. The third-order valence-corrected chi connectivity index (χ3v) is 7.74. The van der Waals surface area contributed by atoms with Crippen molar-refractivity contribution in [3.63, 3.8) is 0 Å². The van der Waals surface area contributed by atoms with Crippen LogP contribution in [0, 0.1) is 0 Å². The van der Waals surface area contributed by atoms with Gasteiger partial charge in [0.05, 0.1) is 11.7 Å². The van der Waals surface area contributed by atoms with Crippen molar-refractivity contribution < 1.29 is 22.7 Å². The third kappa shape index (κ3) is 4.79. The summed E-state index contributed by atoms with van der Waals surface area (Å²) in [4.78, 5) is 24.8. The number of sulfonamides is 1. The number of benzene rings is 1. The molecule has 0 bridgehead atoms. The van der Waals surface area contributed by atoms with Crippen LogP contribution < -0.4 is 5.32 Å². The second-order valence-corrected chi connectivity index (χ2v) is 9.59. The lowest BCUT2D eigenvalue weighted by atomic mass is 10.1. The summed E-state index contributed by atoms with van der Waals surface area (Å²) in [5, 5.41) is 2.80. The van der Waals surface area contributed by atoms with Crippen molar-refractivity contribution in [2.24, 2.45) is 0 Å². The molecule has 1 saturated heterocycles. The second-order valence-electron chi connectivity index (χ2n) is 7.20. The van der Waals surface area contributed by atoms with E-state index in [0.717, 1.165) is 24.6 Å². The molecule has 9 nitrogen and oxygen atoms in total. The number of piperidine rings is 1. The zero-order valence-electron chi connectivity index (χ0n) is 17.0. The Morgan fingerprint density at radius 2 is 2.03 bits per heavy atom. The van der Waals surface area contributed by atoms with Gasteiger partial charge in [0.15, 0.2) is 6.61 Å². The van der Waals surface area contributed by atoms with Gasteiger partial charge in [0.2, 0.25) is 10.0 Å². The maximum absolute atomic E-state index is 13.4. The molecule has 164 valence electrons. The molecule has 0 saturated carbocycles. The quantitative estimate of drug-likeness (QED) is 0.607. The highest BCUT2D eigenvalue weighted by Gasteiger charge is 2.39. The predicted molar refractivity (Wildman–Crippen MR) is 112 cm³/mol. The van der Waals surface area contributed by atoms with Gasteiger partial charge in [-0.15, -0.1) is 0 Å². The van der Waals surface area contributed by atoms with Crippen molar-refractivity contribution >= 4 is 44.7 Å². The number of hydrogen-bond acceptors (Lipinski definition) is 8. The molecule has 1 aromatic heterocycles. The van der Waals surface area contributed by atoms with Gasteiger partial charge < -0.3 is 10.1 Å². The van der Waals surface area contributed by atoms with E-state index in [9.17, 15) is 18.0 Å². The van der Waals surface area contributed by atoms with Crippen LogP contribution in [0.1, 0.15) is 46.0 Å². The average molecular weight is 455 g/mol. The Balaban J connectivity index is 1.75. The van der Waals surface area contributed by atoms with E-state index < -0.39 is 28.6 Å². The van der Waals surface area contributed by atoms with Crippen LogP contribution >= 0.6 is 11.7 Å². The number of amides is 1. The first-order chi connectivity index (χ1) is 14.4. The first-order valence-corrected chi connectivity index (χ1v) is 12.2. The molecular formula is C19H26N4O5S2. The van der Waals surface area contributed by atoms with Gasteiger partial charge in [-0.05, 0) is 44.2 Å². The maximum atomic E-state index is 13.4. The number of nitrogens with zero attached hydrogens (tertiary/aromatic N) is 3. The van der Waals surface area contributed by atoms with E-state index in [1.165, 1.54) is 10.4 Å². The Morgan fingerprint density at radius 1 is 1.27 bits per heavy atom. The van der Waals surface area contributed by atoms with Gasteiger partial charge in [-0.3, -0.25) is 9.59 Å². The Bertz CT molecular complexity index is 1000. The van der Waals surface area contributed by atoms with Gasteiger partial charge in [-0.1, -0.05) is 19.9 Å². The number of fused-ring (bicyclic) bond motifs is 1. The lowest BCUT2D eigenvalue weighted by molar-refractivity contribution is -0.153. The predicted octanol–water partition coefficient (Wildman–Crippen LogP) is 2.08. The van der Waals surface area contributed by atoms with Crippen LogP contribution in [0.15, 0.2) is 23.1 Å². The molecular weight excluding hydrogens is 428 g/mol. The van der Waals surface area contributed by atoms with Gasteiger partial charge in [-0.25, -0.2) is 8.42 Å². The fraction of sp³-hybridized carbons (Fsp3) is 0.579. The Hall–Kier alpha value is -2.11. The van der Waals surface area contributed by atoms with E-state index in [1.54, 1.807) is 12.1 Å². The number of carbonyl (C=O) groups excluding carboxylic acids is 2. The summed E-state index contributed by atoms with van der Waals surface area (Å²) in [6.07, 6.45) is 3.25. The Labute approximate surface area is 180 Å². The highest BCUT2D eigenvalue weighted by Crippen LogP contribution is 2.29. The van der Waals surface area contributed by atoms with Crippen LogP contribution in [0.5, 0.6) is 0 Å². The number of carbonyl (C=O) groups is 2. The monoisotopic (exact) mass is 454 g/mol. The fourth-order valence-corrected chi connectivity index (χ4v) is 5.94. The molecule has 0 radical (unpaired) electrons. The molecule has 1 unspecified atom stereocenters. The molecule has 1 atom stereocenters. The summed E-state index contributed by atoms with van der Waals surface area (Å²) in [5.74, 6) is -1.10. The number of ether oxygens (including phenoxy) is 1. The van der Waals surface area contributed by atoms with Crippen LogP contribution in [-0.4, -0.2) is 58.6 Å². The summed E-state index contributed by atoms with van der Waals surface area (Å²) in [5.41, 5.74) is 0.792. The minimum absolute atomic E-state index is 0.0231. The number of aromatic nitrogens is 2. The molecule has 3 rings (SSSR count). The number of rotatable bonds is 8. The molecule has 1 fully saturated rings. The lowest BCUT2D eigenvalue weighted by Gasteiger charge is -2.33. The zero-order valence-corrected chi connectivity index (χ0v) is 18.7. The first-order valence-electron chi connectivity index (χ1n) is 10.1. The molecule has 0 aliphatic carbocycles. The third-order valence-electron chi connectivity index (χ3n) is 5.26. The largest absolute Gasteiger partial charge is 0.454 e. The zero-order chi connectivity index (χ0) is 21.7. The summed E-state index contributed by atoms with van der Waals surface area (Å²) in [6, 6.07) is 3.83. The van der Waals surface area contributed by atoms with Crippen LogP contribution in [0.3, 0.4) is 0 Å². The van der Waals surface area contributed by atoms with E-state index >= 15 is 0 Å². The molecule has 1 N–H and O–H groups in total. The van der Waals surface area contributed by atoms with E-state index in [0.29, 0.717) is 30.3 Å². The van der Waals surface area contributed by atoms with Crippen molar-refractivity contribution in [1.29, 1.82) is 0 Å². The molecule has 11 heteroatoms. The Morgan fingerprint density at radius 3 is 2.77 bits per heavy atom. The van der Waals surface area contributed by atoms with Crippen LogP contribution in [-0.2, 0) is 24.3 Å². The molecule has 30 heavy (non-hydrogen) atoms. The van der Waals surface area contributed by atoms with Crippen molar-refractivity contribution in [1.82, 2.24) is 18.4 Å². The van der Waals surface area contributed by atoms with Gasteiger partial charge in [0.1, 0.15) is 22.0 Å².